The smallest absolute Gasteiger partial charge is 0.295 e. The van der Waals surface area contributed by atoms with Crippen LogP contribution in [-0.2, 0) is 20.1 Å². The predicted molar refractivity (Wildman–Crippen MR) is 72.0 cm³/mol. The van der Waals surface area contributed by atoms with Gasteiger partial charge in [-0.1, -0.05) is 12.1 Å². The van der Waals surface area contributed by atoms with Crippen molar-refractivity contribution in [1.82, 2.24) is 23.9 Å². The zero-order valence-corrected chi connectivity index (χ0v) is 10.9. The maximum Gasteiger partial charge on any atom is 0.329 e. The first-order chi connectivity index (χ1) is 9.22. The molecule has 3 rings (SSSR count). The van der Waals surface area contributed by atoms with Gasteiger partial charge in [0.1, 0.15) is 12.2 Å². The van der Waals surface area contributed by atoms with Gasteiger partial charge in [0, 0.05) is 13.6 Å². The number of hydrogen-bond acceptors (Lipinski definition) is 3. The van der Waals surface area contributed by atoms with Gasteiger partial charge in [0.15, 0.2) is 0 Å². The summed E-state index contributed by atoms with van der Waals surface area (Å²) in [5, 5.41) is 4.13. The molecular formula is C13H15N5O. The Labute approximate surface area is 109 Å². The molecule has 0 unspecified atom stereocenters. The minimum Gasteiger partial charge on any atom is -0.295 e. The number of hydrogen-bond donors (Lipinski definition) is 0. The van der Waals surface area contributed by atoms with Crippen molar-refractivity contribution in [2.45, 2.75) is 20.0 Å². The molecule has 0 amide bonds. The molecule has 0 fully saturated rings. The molecule has 19 heavy (non-hydrogen) atoms. The molecule has 6 nitrogen and oxygen atoms in total. The van der Waals surface area contributed by atoms with Crippen LogP contribution in [0.15, 0.2) is 35.4 Å². The van der Waals surface area contributed by atoms with E-state index in [2.05, 4.69) is 10.1 Å². The number of aromatic nitrogens is 5. The van der Waals surface area contributed by atoms with E-state index < -0.39 is 0 Å². The van der Waals surface area contributed by atoms with E-state index in [1.807, 2.05) is 31.2 Å². The number of aryl methyl sites for hydroxylation is 2. The average molecular weight is 257 g/mol. The Balaban J connectivity index is 2.16. The van der Waals surface area contributed by atoms with Gasteiger partial charge < -0.3 is 0 Å². The summed E-state index contributed by atoms with van der Waals surface area (Å²) in [4.78, 5) is 16.5. The number of benzene rings is 1. The van der Waals surface area contributed by atoms with Crippen molar-refractivity contribution in [3.63, 3.8) is 0 Å². The molecule has 1 aromatic carbocycles. The molecule has 2 aromatic heterocycles. The molecule has 0 saturated carbocycles. The molecule has 0 radical (unpaired) electrons. The predicted octanol–water partition coefficient (Wildman–Crippen LogP) is 1.000. The van der Waals surface area contributed by atoms with E-state index >= 15 is 0 Å². The van der Waals surface area contributed by atoms with Crippen LogP contribution in [0, 0.1) is 0 Å². The second-order valence-corrected chi connectivity index (χ2v) is 4.41. The third kappa shape index (κ3) is 1.76. The second kappa shape index (κ2) is 4.38. The van der Waals surface area contributed by atoms with Crippen LogP contribution in [0.3, 0.4) is 0 Å². The third-order valence-corrected chi connectivity index (χ3v) is 3.35. The quantitative estimate of drug-likeness (QED) is 0.703. The van der Waals surface area contributed by atoms with Crippen molar-refractivity contribution < 1.29 is 0 Å². The fourth-order valence-electron chi connectivity index (χ4n) is 2.33. The van der Waals surface area contributed by atoms with Gasteiger partial charge in [-0.3, -0.25) is 9.13 Å². The van der Waals surface area contributed by atoms with Crippen LogP contribution in [0.4, 0.5) is 0 Å². The number of imidazole rings is 1. The first-order valence-electron chi connectivity index (χ1n) is 6.23. The molecule has 0 bridgehead atoms. The first-order valence-corrected chi connectivity index (χ1v) is 6.23. The highest BCUT2D eigenvalue weighted by atomic mass is 16.1. The van der Waals surface area contributed by atoms with Gasteiger partial charge in [-0.05, 0) is 19.1 Å². The van der Waals surface area contributed by atoms with Crippen molar-refractivity contribution in [3.8, 4) is 0 Å². The third-order valence-electron chi connectivity index (χ3n) is 3.35. The van der Waals surface area contributed by atoms with Crippen LogP contribution >= 0.6 is 0 Å². The molecule has 3 aromatic rings. The van der Waals surface area contributed by atoms with Gasteiger partial charge >= 0.3 is 5.69 Å². The van der Waals surface area contributed by atoms with Gasteiger partial charge in [-0.25, -0.2) is 14.5 Å². The van der Waals surface area contributed by atoms with Crippen molar-refractivity contribution in [2.24, 2.45) is 7.05 Å². The summed E-state index contributed by atoms with van der Waals surface area (Å²) < 4.78 is 5.18. The minimum absolute atomic E-state index is 0.0353. The fraction of sp³-hybridized carbons (Fsp3) is 0.308. The second-order valence-electron chi connectivity index (χ2n) is 4.41. The highest BCUT2D eigenvalue weighted by Crippen LogP contribution is 2.12. The summed E-state index contributed by atoms with van der Waals surface area (Å²) in [6, 6.07) is 7.75. The maximum absolute atomic E-state index is 12.3. The molecule has 0 aliphatic rings. The summed E-state index contributed by atoms with van der Waals surface area (Å²) in [7, 11) is 1.78. The monoisotopic (exact) mass is 257 g/mol. The highest BCUT2D eigenvalue weighted by Gasteiger charge is 2.12. The highest BCUT2D eigenvalue weighted by molar-refractivity contribution is 5.75. The standard InChI is InChI=1S/C13H15N5O/c1-3-18-12(14-9-15-18)8-17-11-7-5-4-6-10(11)16(2)13(17)19/h4-7,9H,3,8H2,1-2H3. The molecule has 0 atom stereocenters. The fourth-order valence-corrected chi connectivity index (χ4v) is 2.33. The molecule has 0 aliphatic heterocycles. The van der Waals surface area contributed by atoms with E-state index in [0.29, 0.717) is 6.54 Å². The van der Waals surface area contributed by atoms with Crippen LogP contribution in [-0.4, -0.2) is 23.9 Å². The Hall–Kier alpha value is -2.37. The zero-order valence-electron chi connectivity index (χ0n) is 10.9. The van der Waals surface area contributed by atoms with Crippen molar-refractivity contribution >= 4 is 11.0 Å². The molecule has 0 spiro atoms. The SMILES string of the molecule is CCn1ncnc1Cn1c(=O)n(C)c2ccccc21. The minimum atomic E-state index is -0.0353. The molecule has 0 aliphatic carbocycles. The summed E-state index contributed by atoms with van der Waals surface area (Å²) >= 11 is 0. The van der Waals surface area contributed by atoms with E-state index in [9.17, 15) is 4.79 Å². The van der Waals surface area contributed by atoms with Crippen molar-refractivity contribution in [1.29, 1.82) is 0 Å². The number of rotatable bonds is 3. The molecule has 2 heterocycles. The van der Waals surface area contributed by atoms with Crippen LogP contribution < -0.4 is 5.69 Å². The van der Waals surface area contributed by atoms with Crippen LogP contribution in [0.5, 0.6) is 0 Å². The number of fused-ring (bicyclic) bond motifs is 1. The van der Waals surface area contributed by atoms with E-state index in [1.54, 1.807) is 20.9 Å². The van der Waals surface area contributed by atoms with E-state index in [4.69, 9.17) is 0 Å². The van der Waals surface area contributed by atoms with E-state index in [1.165, 1.54) is 6.33 Å². The van der Waals surface area contributed by atoms with E-state index in [-0.39, 0.29) is 5.69 Å². The lowest BCUT2D eigenvalue weighted by molar-refractivity contribution is 0.587. The van der Waals surface area contributed by atoms with Gasteiger partial charge in [0.2, 0.25) is 0 Å². The van der Waals surface area contributed by atoms with Crippen LogP contribution in [0.1, 0.15) is 12.7 Å². The Morgan fingerprint density at radius 3 is 2.68 bits per heavy atom. The van der Waals surface area contributed by atoms with E-state index in [0.717, 1.165) is 23.4 Å². The summed E-state index contributed by atoms with van der Waals surface area (Å²) in [6.45, 7) is 3.19. The van der Waals surface area contributed by atoms with Crippen LogP contribution in [0.2, 0.25) is 0 Å². The van der Waals surface area contributed by atoms with Crippen LogP contribution in [0.25, 0.3) is 11.0 Å². The molecule has 0 N–H and O–H groups in total. The molecule has 6 heteroatoms. The first kappa shape index (κ1) is 11.7. The largest absolute Gasteiger partial charge is 0.329 e. The Kier molecular flexibility index (Phi) is 2.70. The Morgan fingerprint density at radius 2 is 1.95 bits per heavy atom. The van der Waals surface area contributed by atoms with Gasteiger partial charge in [-0.15, -0.1) is 0 Å². The molecule has 0 saturated heterocycles. The lowest BCUT2D eigenvalue weighted by Crippen LogP contribution is -2.24. The van der Waals surface area contributed by atoms with Gasteiger partial charge in [0.25, 0.3) is 0 Å². The summed E-state index contributed by atoms with van der Waals surface area (Å²) in [5.74, 6) is 0.793. The summed E-state index contributed by atoms with van der Waals surface area (Å²) in [6.07, 6.45) is 1.52. The molecular weight excluding hydrogens is 242 g/mol. The Morgan fingerprint density at radius 1 is 1.21 bits per heavy atom. The molecule has 98 valence electrons. The normalized spacial score (nSPS) is 11.3. The summed E-state index contributed by atoms with van der Waals surface area (Å²) in [5.41, 5.74) is 1.81. The lowest BCUT2D eigenvalue weighted by Gasteiger charge is -2.04. The zero-order chi connectivity index (χ0) is 13.4. The Bertz CT molecular complexity index is 780. The average Bonchev–Trinajstić information content (AvgIpc) is 2.98. The maximum atomic E-state index is 12.3. The van der Waals surface area contributed by atoms with Gasteiger partial charge in [-0.2, -0.15) is 5.10 Å². The van der Waals surface area contributed by atoms with Crippen molar-refractivity contribution in [2.75, 3.05) is 0 Å². The number of nitrogens with zero attached hydrogens (tertiary/aromatic N) is 5. The topological polar surface area (TPSA) is 57.6 Å². The number of para-hydroxylation sites is 2. The van der Waals surface area contributed by atoms with Crippen molar-refractivity contribution in [3.05, 3.63) is 46.9 Å². The lowest BCUT2D eigenvalue weighted by atomic mass is 10.3. The van der Waals surface area contributed by atoms with Gasteiger partial charge in [0.05, 0.1) is 17.6 Å².